The third-order valence-corrected chi connectivity index (χ3v) is 6.69. The van der Waals surface area contributed by atoms with E-state index in [4.69, 9.17) is 4.74 Å². The number of anilines is 2. The SMILES string of the molecule is Cc1ccc(N2C[C@@H](CCNCCc3cccc4ccccc34)Oc3ccccc32)cc1C(=O)O. The number of carboxylic acids is 1. The third kappa shape index (κ3) is 5.00. The Morgan fingerprint density at radius 3 is 2.69 bits per heavy atom. The summed E-state index contributed by atoms with van der Waals surface area (Å²) in [5.74, 6) is -0.0743. The van der Waals surface area contributed by atoms with Crippen molar-refractivity contribution in [3.8, 4) is 5.75 Å². The van der Waals surface area contributed by atoms with Crippen LogP contribution in [0, 0.1) is 6.92 Å². The van der Waals surface area contributed by atoms with Crippen molar-refractivity contribution in [2.75, 3.05) is 24.5 Å². The summed E-state index contributed by atoms with van der Waals surface area (Å²) in [5, 5.41) is 15.8. The van der Waals surface area contributed by atoms with Crippen LogP contribution in [0.2, 0.25) is 0 Å². The second-order valence-corrected chi connectivity index (χ2v) is 9.05. The lowest BCUT2D eigenvalue weighted by Crippen LogP contribution is -2.39. The molecule has 4 aromatic carbocycles. The summed E-state index contributed by atoms with van der Waals surface area (Å²) >= 11 is 0. The van der Waals surface area contributed by atoms with Gasteiger partial charge in [0.25, 0.3) is 0 Å². The molecule has 0 unspecified atom stereocenters. The Kier molecular flexibility index (Phi) is 6.68. The van der Waals surface area contributed by atoms with Gasteiger partial charge in [0.1, 0.15) is 11.9 Å². The molecule has 178 valence electrons. The fourth-order valence-electron chi connectivity index (χ4n) is 4.82. The predicted octanol–water partition coefficient (Wildman–Crippen LogP) is 5.97. The minimum atomic E-state index is -0.905. The monoisotopic (exact) mass is 466 g/mol. The second kappa shape index (κ2) is 10.2. The van der Waals surface area contributed by atoms with Crippen LogP contribution < -0.4 is 15.0 Å². The molecule has 5 nitrogen and oxygen atoms in total. The maximum atomic E-state index is 11.7. The summed E-state index contributed by atoms with van der Waals surface area (Å²) in [7, 11) is 0. The number of carbonyl (C=O) groups is 1. The van der Waals surface area contributed by atoms with Gasteiger partial charge < -0.3 is 20.1 Å². The van der Waals surface area contributed by atoms with E-state index in [1.165, 1.54) is 16.3 Å². The normalized spacial score (nSPS) is 15.0. The summed E-state index contributed by atoms with van der Waals surface area (Å²) in [6, 6.07) is 28.6. The molecule has 1 atom stereocenters. The third-order valence-electron chi connectivity index (χ3n) is 6.69. The number of rotatable bonds is 8. The number of aryl methyl sites for hydroxylation is 1. The Labute approximate surface area is 206 Å². The quantitative estimate of drug-likeness (QED) is 0.313. The van der Waals surface area contributed by atoms with Crippen molar-refractivity contribution in [3.63, 3.8) is 0 Å². The highest BCUT2D eigenvalue weighted by Gasteiger charge is 2.27. The maximum Gasteiger partial charge on any atom is 0.336 e. The molecule has 0 spiro atoms. The molecule has 0 aromatic heterocycles. The molecular weight excluding hydrogens is 436 g/mol. The van der Waals surface area contributed by atoms with Crippen molar-refractivity contribution in [3.05, 3.63) is 102 Å². The molecule has 1 heterocycles. The van der Waals surface area contributed by atoms with E-state index in [-0.39, 0.29) is 6.10 Å². The largest absolute Gasteiger partial charge is 0.486 e. The first-order chi connectivity index (χ1) is 17.1. The van der Waals surface area contributed by atoms with Crippen molar-refractivity contribution in [1.29, 1.82) is 0 Å². The number of fused-ring (bicyclic) bond motifs is 2. The minimum absolute atomic E-state index is 0.00420. The van der Waals surface area contributed by atoms with Crippen molar-refractivity contribution >= 4 is 28.1 Å². The number of aromatic carboxylic acids is 1. The smallest absolute Gasteiger partial charge is 0.336 e. The molecule has 5 rings (SSSR count). The van der Waals surface area contributed by atoms with Gasteiger partial charge in [0.05, 0.1) is 17.8 Å². The highest BCUT2D eigenvalue weighted by Crippen LogP contribution is 2.39. The van der Waals surface area contributed by atoms with E-state index in [0.29, 0.717) is 12.1 Å². The molecule has 1 aliphatic rings. The zero-order valence-corrected chi connectivity index (χ0v) is 19.9. The van der Waals surface area contributed by atoms with E-state index in [9.17, 15) is 9.90 Å². The van der Waals surface area contributed by atoms with Gasteiger partial charge in [-0.15, -0.1) is 0 Å². The average Bonchev–Trinajstić information content (AvgIpc) is 2.88. The fraction of sp³-hybridized carbons (Fsp3) is 0.233. The van der Waals surface area contributed by atoms with Crippen molar-refractivity contribution in [1.82, 2.24) is 5.32 Å². The first-order valence-electron chi connectivity index (χ1n) is 12.1. The molecule has 0 aliphatic carbocycles. The van der Waals surface area contributed by atoms with Crippen LogP contribution in [0.5, 0.6) is 5.75 Å². The lowest BCUT2D eigenvalue weighted by Gasteiger charge is -2.36. The lowest BCUT2D eigenvalue weighted by molar-refractivity contribution is 0.0696. The van der Waals surface area contributed by atoms with E-state index >= 15 is 0 Å². The van der Waals surface area contributed by atoms with Crippen molar-refractivity contribution < 1.29 is 14.6 Å². The summed E-state index contributed by atoms with van der Waals surface area (Å²) in [4.78, 5) is 13.9. The van der Waals surface area contributed by atoms with Crippen LogP contribution in [0.25, 0.3) is 10.8 Å². The zero-order valence-electron chi connectivity index (χ0n) is 19.9. The number of nitrogens with one attached hydrogen (secondary N) is 1. The van der Waals surface area contributed by atoms with Gasteiger partial charge in [0, 0.05) is 5.69 Å². The molecule has 0 fully saturated rings. The van der Waals surface area contributed by atoms with E-state index in [1.807, 2.05) is 43.3 Å². The van der Waals surface area contributed by atoms with E-state index < -0.39 is 5.97 Å². The van der Waals surface area contributed by atoms with Gasteiger partial charge in [0.15, 0.2) is 0 Å². The predicted molar refractivity (Wildman–Crippen MR) is 141 cm³/mol. The molecule has 2 N–H and O–H groups in total. The van der Waals surface area contributed by atoms with Crippen molar-refractivity contribution in [2.45, 2.75) is 25.9 Å². The summed E-state index contributed by atoms with van der Waals surface area (Å²) < 4.78 is 6.31. The van der Waals surface area contributed by atoms with E-state index in [1.54, 1.807) is 6.07 Å². The van der Waals surface area contributed by atoms with Crippen LogP contribution in [-0.4, -0.2) is 36.8 Å². The number of benzene rings is 4. The topological polar surface area (TPSA) is 61.8 Å². The Balaban J connectivity index is 1.23. The Morgan fingerprint density at radius 1 is 1.00 bits per heavy atom. The summed E-state index contributed by atoms with van der Waals surface area (Å²) in [6.45, 7) is 4.25. The number of hydrogen-bond donors (Lipinski definition) is 2. The minimum Gasteiger partial charge on any atom is -0.486 e. The number of carboxylic acid groups (broad SMARTS) is 1. The van der Waals surface area contributed by atoms with Gasteiger partial charge in [-0.05, 0) is 79.0 Å². The highest BCUT2D eigenvalue weighted by atomic mass is 16.5. The number of ether oxygens (including phenoxy) is 1. The number of nitrogens with zero attached hydrogens (tertiary/aromatic N) is 1. The number of para-hydroxylation sites is 2. The van der Waals surface area contributed by atoms with Crippen LogP contribution in [0.1, 0.15) is 27.9 Å². The fourth-order valence-corrected chi connectivity index (χ4v) is 4.82. The molecule has 0 saturated carbocycles. The standard InChI is InChI=1S/C30H30N2O3/c1-21-13-14-24(19-27(21)30(33)34)32-20-25(35-29-12-5-4-11-28(29)32)16-18-31-17-15-23-9-6-8-22-7-2-3-10-26(22)23/h2-14,19,25,31H,15-18,20H2,1H3,(H,33,34)/t25-/m1/s1. The summed E-state index contributed by atoms with van der Waals surface area (Å²) in [5.41, 5.74) is 4.29. The van der Waals surface area contributed by atoms with Crippen LogP contribution in [0.15, 0.2) is 84.9 Å². The molecule has 0 amide bonds. The van der Waals surface area contributed by atoms with Crippen molar-refractivity contribution in [2.24, 2.45) is 0 Å². The highest BCUT2D eigenvalue weighted by molar-refractivity contribution is 5.91. The van der Waals surface area contributed by atoms with Crippen LogP contribution in [0.4, 0.5) is 11.4 Å². The van der Waals surface area contributed by atoms with Crippen LogP contribution in [0.3, 0.4) is 0 Å². The van der Waals surface area contributed by atoms with Gasteiger partial charge in [-0.3, -0.25) is 0 Å². The lowest BCUT2D eigenvalue weighted by atomic mass is 10.0. The molecular formula is C30H30N2O3. The van der Waals surface area contributed by atoms with Gasteiger partial charge in [-0.25, -0.2) is 4.79 Å². The van der Waals surface area contributed by atoms with Crippen LogP contribution in [-0.2, 0) is 6.42 Å². The van der Waals surface area contributed by atoms with Gasteiger partial charge in [-0.1, -0.05) is 60.7 Å². The van der Waals surface area contributed by atoms with Crippen LogP contribution >= 0.6 is 0 Å². The molecule has 0 saturated heterocycles. The first kappa shape index (κ1) is 22.9. The summed E-state index contributed by atoms with van der Waals surface area (Å²) in [6.07, 6.45) is 1.84. The molecule has 0 bridgehead atoms. The second-order valence-electron chi connectivity index (χ2n) is 9.05. The van der Waals surface area contributed by atoms with E-state index in [0.717, 1.165) is 48.6 Å². The average molecular weight is 467 g/mol. The number of hydrogen-bond acceptors (Lipinski definition) is 4. The van der Waals surface area contributed by atoms with Gasteiger partial charge >= 0.3 is 5.97 Å². The zero-order chi connectivity index (χ0) is 24.2. The molecule has 1 aliphatic heterocycles. The maximum absolute atomic E-state index is 11.7. The Bertz CT molecular complexity index is 1350. The van der Waals surface area contributed by atoms with E-state index in [2.05, 4.69) is 52.7 Å². The molecule has 35 heavy (non-hydrogen) atoms. The molecule has 4 aromatic rings. The van der Waals surface area contributed by atoms with Gasteiger partial charge in [-0.2, -0.15) is 0 Å². The molecule has 0 radical (unpaired) electrons. The van der Waals surface area contributed by atoms with Gasteiger partial charge in [0.2, 0.25) is 0 Å². The first-order valence-corrected chi connectivity index (χ1v) is 12.1. The Morgan fingerprint density at radius 2 is 1.80 bits per heavy atom. The molecule has 5 heteroatoms. The Hall–Kier alpha value is -3.83.